The minimum absolute atomic E-state index is 0.0347. The van der Waals surface area contributed by atoms with E-state index in [2.05, 4.69) is 11.8 Å². The lowest BCUT2D eigenvalue weighted by atomic mass is 10.9. The third-order valence-corrected chi connectivity index (χ3v) is 1.92. The van der Waals surface area contributed by atoms with E-state index < -0.39 is 10.0 Å². The van der Waals surface area contributed by atoms with Crippen molar-refractivity contribution in [2.75, 3.05) is 19.5 Å². The SMILES string of the molecule is [CH2]NS(=O)(=O)CCOC. The largest absolute Gasteiger partial charge is 0.384 e. The molecule has 55 valence electrons. The second kappa shape index (κ2) is 3.81. The van der Waals surface area contributed by atoms with Crippen molar-refractivity contribution >= 4 is 10.0 Å². The van der Waals surface area contributed by atoms with Crippen LogP contribution in [0.25, 0.3) is 0 Å². The molecule has 0 amide bonds. The summed E-state index contributed by atoms with van der Waals surface area (Å²) in [7, 11) is 1.29. The quantitative estimate of drug-likeness (QED) is 0.582. The Hall–Kier alpha value is -0.130. The topological polar surface area (TPSA) is 55.4 Å². The standard InChI is InChI=1S/C4H10NO3S/c1-5-9(6,7)4-3-8-2/h5H,1,3-4H2,2H3. The maximum atomic E-state index is 10.5. The molecule has 5 heteroatoms. The molecular formula is C4H10NO3S. The summed E-state index contributed by atoms with van der Waals surface area (Å²) in [4.78, 5) is 0. The van der Waals surface area contributed by atoms with Crippen LogP contribution in [0.1, 0.15) is 0 Å². The summed E-state index contributed by atoms with van der Waals surface area (Å²) >= 11 is 0. The van der Waals surface area contributed by atoms with Crippen LogP contribution in [0.3, 0.4) is 0 Å². The average Bonchev–Trinajstić information content (AvgIpc) is 1.84. The van der Waals surface area contributed by atoms with Gasteiger partial charge in [0.15, 0.2) is 0 Å². The minimum atomic E-state index is -3.17. The van der Waals surface area contributed by atoms with Crippen molar-refractivity contribution in [1.29, 1.82) is 0 Å². The molecule has 0 unspecified atom stereocenters. The minimum Gasteiger partial charge on any atom is -0.384 e. The Bertz CT molecular complexity index is 151. The normalized spacial score (nSPS) is 11.8. The lowest BCUT2D eigenvalue weighted by Gasteiger charge is -1.98. The van der Waals surface area contributed by atoms with Crippen LogP contribution in [0, 0.1) is 7.05 Å². The highest BCUT2D eigenvalue weighted by molar-refractivity contribution is 7.89. The van der Waals surface area contributed by atoms with Gasteiger partial charge >= 0.3 is 0 Å². The van der Waals surface area contributed by atoms with Gasteiger partial charge in [0.1, 0.15) is 0 Å². The van der Waals surface area contributed by atoms with Crippen molar-refractivity contribution in [2.24, 2.45) is 0 Å². The molecule has 0 aromatic carbocycles. The van der Waals surface area contributed by atoms with Crippen molar-refractivity contribution in [3.8, 4) is 0 Å². The first-order valence-corrected chi connectivity index (χ1v) is 4.03. The van der Waals surface area contributed by atoms with Crippen LogP contribution < -0.4 is 4.72 Å². The zero-order valence-electron chi connectivity index (χ0n) is 5.25. The van der Waals surface area contributed by atoms with Gasteiger partial charge in [0.25, 0.3) is 0 Å². The summed E-state index contributed by atoms with van der Waals surface area (Å²) in [5, 5.41) is 0. The van der Waals surface area contributed by atoms with E-state index in [-0.39, 0.29) is 12.4 Å². The maximum absolute atomic E-state index is 10.5. The van der Waals surface area contributed by atoms with Crippen LogP contribution in [-0.2, 0) is 14.8 Å². The van der Waals surface area contributed by atoms with Crippen molar-refractivity contribution in [3.05, 3.63) is 7.05 Å². The fourth-order valence-electron chi connectivity index (χ4n) is 0.265. The van der Waals surface area contributed by atoms with Gasteiger partial charge in [-0.15, -0.1) is 0 Å². The van der Waals surface area contributed by atoms with Crippen molar-refractivity contribution in [1.82, 2.24) is 4.72 Å². The predicted octanol–water partition coefficient (Wildman–Crippen LogP) is -0.656. The van der Waals surface area contributed by atoms with Gasteiger partial charge in [-0.1, -0.05) is 0 Å². The van der Waals surface area contributed by atoms with E-state index >= 15 is 0 Å². The molecule has 0 atom stereocenters. The van der Waals surface area contributed by atoms with Gasteiger partial charge in [-0.25, -0.2) is 13.1 Å². The summed E-state index contributed by atoms with van der Waals surface area (Å²) in [6.45, 7) is 0.199. The zero-order chi connectivity index (χ0) is 7.33. The molecule has 0 saturated carbocycles. The van der Waals surface area contributed by atoms with Crippen LogP contribution in [0.2, 0.25) is 0 Å². The Morgan fingerprint density at radius 2 is 2.22 bits per heavy atom. The molecule has 0 rings (SSSR count). The Labute approximate surface area is 55.3 Å². The van der Waals surface area contributed by atoms with Crippen LogP contribution in [0.15, 0.2) is 0 Å². The van der Waals surface area contributed by atoms with Gasteiger partial charge in [0.2, 0.25) is 10.0 Å². The smallest absolute Gasteiger partial charge is 0.213 e. The first-order valence-electron chi connectivity index (χ1n) is 2.38. The van der Waals surface area contributed by atoms with E-state index in [4.69, 9.17) is 0 Å². The van der Waals surface area contributed by atoms with E-state index in [0.717, 1.165) is 0 Å². The van der Waals surface area contributed by atoms with E-state index in [1.807, 2.05) is 4.72 Å². The highest BCUT2D eigenvalue weighted by Gasteiger charge is 2.03. The third-order valence-electron chi connectivity index (χ3n) is 0.776. The van der Waals surface area contributed by atoms with Gasteiger partial charge in [0, 0.05) is 14.2 Å². The van der Waals surface area contributed by atoms with Gasteiger partial charge < -0.3 is 4.74 Å². The summed E-state index contributed by atoms with van der Waals surface area (Å²) in [6.07, 6.45) is 0. The molecule has 1 N–H and O–H groups in total. The van der Waals surface area contributed by atoms with E-state index in [9.17, 15) is 8.42 Å². The molecule has 1 radical (unpaired) electrons. The Kier molecular flexibility index (Phi) is 3.76. The summed E-state index contributed by atoms with van der Waals surface area (Å²) in [5.74, 6) is -0.0347. The summed E-state index contributed by atoms with van der Waals surface area (Å²) in [5.41, 5.74) is 0. The van der Waals surface area contributed by atoms with Crippen LogP contribution in [-0.4, -0.2) is 27.9 Å². The van der Waals surface area contributed by atoms with Crippen LogP contribution in [0.4, 0.5) is 0 Å². The lowest BCUT2D eigenvalue weighted by Crippen LogP contribution is -2.22. The molecule has 0 aromatic heterocycles. The Balaban J connectivity index is 3.61. The van der Waals surface area contributed by atoms with Gasteiger partial charge in [-0.05, 0) is 0 Å². The van der Waals surface area contributed by atoms with E-state index in [1.54, 1.807) is 0 Å². The molecule has 0 heterocycles. The number of ether oxygens (including phenoxy) is 1. The number of nitrogens with one attached hydrogen (secondary N) is 1. The molecule has 0 fully saturated rings. The number of sulfonamides is 1. The summed E-state index contributed by atoms with van der Waals surface area (Å²) in [6, 6.07) is 0. The highest BCUT2D eigenvalue weighted by Crippen LogP contribution is 1.81. The molecular weight excluding hydrogens is 142 g/mol. The molecule has 0 aliphatic heterocycles. The molecule has 0 aliphatic carbocycles. The van der Waals surface area contributed by atoms with Crippen molar-refractivity contribution in [2.45, 2.75) is 0 Å². The van der Waals surface area contributed by atoms with E-state index in [1.165, 1.54) is 7.11 Å². The Morgan fingerprint density at radius 3 is 2.56 bits per heavy atom. The molecule has 4 nitrogen and oxygen atoms in total. The first-order chi connectivity index (χ1) is 4.12. The van der Waals surface area contributed by atoms with Crippen LogP contribution >= 0.6 is 0 Å². The van der Waals surface area contributed by atoms with Crippen LogP contribution in [0.5, 0.6) is 0 Å². The fraction of sp³-hybridized carbons (Fsp3) is 0.750. The summed E-state index contributed by atoms with van der Waals surface area (Å²) < 4.78 is 27.5. The molecule has 0 bridgehead atoms. The average molecular weight is 152 g/mol. The third kappa shape index (κ3) is 4.38. The van der Waals surface area contributed by atoms with Crippen molar-refractivity contribution in [3.63, 3.8) is 0 Å². The zero-order valence-corrected chi connectivity index (χ0v) is 6.07. The second-order valence-electron chi connectivity index (χ2n) is 1.46. The van der Waals surface area contributed by atoms with Gasteiger partial charge in [0.05, 0.1) is 12.4 Å². The number of hydrogen-bond donors (Lipinski definition) is 1. The number of methoxy groups -OCH3 is 1. The van der Waals surface area contributed by atoms with Gasteiger partial charge in [-0.3, -0.25) is 0 Å². The number of hydrogen-bond acceptors (Lipinski definition) is 3. The monoisotopic (exact) mass is 152 g/mol. The maximum Gasteiger partial charge on any atom is 0.213 e. The first kappa shape index (κ1) is 8.87. The molecule has 0 spiro atoms. The van der Waals surface area contributed by atoms with Gasteiger partial charge in [-0.2, -0.15) is 0 Å². The molecule has 0 saturated heterocycles. The van der Waals surface area contributed by atoms with E-state index in [0.29, 0.717) is 0 Å². The molecule has 0 aliphatic rings. The predicted molar refractivity (Wildman–Crippen MR) is 34.2 cm³/mol. The lowest BCUT2D eigenvalue weighted by molar-refractivity contribution is 0.217. The second-order valence-corrected chi connectivity index (χ2v) is 3.38. The van der Waals surface area contributed by atoms with Crippen molar-refractivity contribution < 1.29 is 13.2 Å². The Morgan fingerprint density at radius 1 is 1.67 bits per heavy atom. The molecule has 0 aromatic rings. The number of rotatable bonds is 4. The highest BCUT2D eigenvalue weighted by atomic mass is 32.2. The fourth-order valence-corrected chi connectivity index (χ4v) is 0.796. The molecule has 9 heavy (non-hydrogen) atoms.